The third-order valence-electron chi connectivity index (χ3n) is 2.01. The molecule has 0 amide bonds. The van der Waals surface area contributed by atoms with E-state index in [-0.39, 0.29) is 5.76 Å². The summed E-state index contributed by atoms with van der Waals surface area (Å²) in [4.78, 5) is 0. The zero-order chi connectivity index (χ0) is 10.1. The maximum absolute atomic E-state index is 9.48. The van der Waals surface area contributed by atoms with Gasteiger partial charge in [0.2, 0.25) is 6.29 Å². The third-order valence-corrected chi connectivity index (χ3v) is 2.01. The fraction of sp³-hybridized carbons (Fsp3) is 0.200. The van der Waals surface area contributed by atoms with Gasteiger partial charge >= 0.3 is 0 Å². The van der Waals surface area contributed by atoms with Crippen molar-refractivity contribution in [2.45, 2.75) is 6.29 Å². The Morgan fingerprint density at radius 1 is 1.43 bits per heavy atom. The van der Waals surface area contributed by atoms with Crippen molar-refractivity contribution in [2.24, 2.45) is 0 Å². The van der Waals surface area contributed by atoms with E-state index in [2.05, 4.69) is 0 Å². The zero-order valence-electron chi connectivity index (χ0n) is 7.60. The van der Waals surface area contributed by atoms with E-state index in [1.807, 2.05) is 0 Å². The molecule has 0 bridgehead atoms. The fourth-order valence-electron chi connectivity index (χ4n) is 1.33. The summed E-state index contributed by atoms with van der Waals surface area (Å²) in [5.74, 6) is 1.05. The molecule has 2 N–H and O–H groups in total. The van der Waals surface area contributed by atoms with E-state index in [4.69, 9.17) is 9.47 Å². The normalized spacial score (nSPS) is 19.3. The maximum atomic E-state index is 9.48. The van der Waals surface area contributed by atoms with Gasteiger partial charge in [0.05, 0.1) is 12.7 Å². The lowest BCUT2D eigenvalue weighted by Crippen LogP contribution is -2.17. The Bertz CT molecular complexity index is 384. The molecule has 1 aromatic rings. The smallest absolute Gasteiger partial charge is 0.221 e. The fourth-order valence-corrected chi connectivity index (χ4v) is 1.33. The van der Waals surface area contributed by atoms with E-state index in [1.54, 1.807) is 18.2 Å². The molecule has 0 aliphatic carbocycles. The molecular formula is C10H10O4. The van der Waals surface area contributed by atoms with Crippen LogP contribution in [0.15, 0.2) is 24.3 Å². The maximum Gasteiger partial charge on any atom is 0.221 e. The molecule has 0 saturated heterocycles. The molecule has 1 unspecified atom stereocenters. The molecule has 1 aromatic carbocycles. The van der Waals surface area contributed by atoms with Crippen molar-refractivity contribution in [3.05, 3.63) is 29.8 Å². The molecule has 1 aliphatic heterocycles. The van der Waals surface area contributed by atoms with Gasteiger partial charge in [-0.25, -0.2) is 0 Å². The van der Waals surface area contributed by atoms with Crippen LogP contribution in [-0.4, -0.2) is 23.6 Å². The first-order valence-electron chi connectivity index (χ1n) is 4.14. The average Bonchev–Trinajstić information content (AvgIpc) is 2.16. The number of hydrogen-bond donors (Lipinski definition) is 2. The molecule has 74 valence electrons. The lowest BCUT2D eigenvalue weighted by molar-refractivity contribution is 0.0205. The largest absolute Gasteiger partial charge is 0.507 e. The number of fused-ring (bicyclic) bond motifs is 1. The summed E-state index contributed by atoms with van der Waals surface area (Å²) >= 11 is 0. The molecular weight excluding hydrogens is 184 g/mol. The van der Waals surface area contributed by atoms with Crippen LogP contribution in [0.25, 0.3) is 5.76 Å². The number of rotatable bonds is 1. The first-order valence-corrected chi connectivity index (χ1v) is 4.14. The lowest BCUT2D eigenvalue weighted by atomic mass is 10.1. The van der Waals surface area contributed by atoms with Crippen LogP contribution in [0.1, 0.15) is 5.56 Å². The summed E-state index contributed by atoms with van der Waals surface area (Å²) in [5, 5.41) is 18.7. The van der Waals surface area contributed by atoms with E-state index in [0.717, 1.165) is 0 Å². The van der Waals surface area contributed by atoms with Crippen LogP contribution in [0, 0.1) is 0 Å². The third kappa shape index (κ3) is 1.40. The molecule has 0 fully saturated rings. The van der Waals surface area contributed by atoms with Gasteiger partial charge in [-0.2, -0.15) is 0 Å². The first kappa shape index (κ1) is 8.90. The van der Waals surface area contributed by atoms with Gasteiger partial charge in [-0.3, -0.25) is 0 Å². The van der Waals surface area contributed by atoms with Crippen LogP contribution < -0.4 is 9.47 Å². The van der Waals surface area contributed by atoms with Crippen LogP contribution in [0.4, 0.5) is 0 Å². The molecule has 0 aromatic heterocycles. The predicted molar refractivity (Wildman–Crippen MR) is 50.2 cm³/mol. The van der Waals surface area contributed by atoms with Crippen molar-refractivity contribution in [3.8, 4) is 11.5 Å². The highest BCUT2D eigenvalue weighted by Gasteiger charge is 2.18. The standard InChI is InChI=1S/C10H10O4/c1-13-6-2-3-7-8(11)5-10(12)14-9(7)4-6/h2-5,10-12H,1H3. The van der Waals surface area contributed by atoms with Crippen LogP contribution in [0.2, 0.25) is 0 Å². The lowest BCUT2D eigenvalue weighted by Gasteiger charge is -2.19. The van der Waals surface area contributed by atoms with Gasteiger partial charge in [0, 0.05) is 12.1 Å². The molecule has 1 aliphatic rings. The van der Waals surface area contributed by atoms with Crippen LogP contribution in [-0.2, 0) is 0 Å². The van der Waals surface area contributed by atoms with Crippen LogP contribution >= 0.6 is 0 Å². The SMILES string of the molecule is COc1ccc2c(c1)OC(O)C=C2O. The van der Waals surface area contributed by atoms with Gasteiger partial charge in [-0.1, -0.05) is 0 Å². The number of benzene rings is 1. The van der Waals surface area contributed by atoms with Gasteiger partial charge in [-0.15, -0.1) is 0 Å². The summed E-state index contributed by atoms with van der Waals surface area (Å²) in [6.45, 7) is 0. The molecule has 1 heterocycles. The minimum atomic E-state index is -1.10. The Morgan fingerprint density at radius 2 is 2.21 bits per heavy atom. The van der Waals surface area contributed by atoms with Crippen LogP contribution in [0.3, 0.4) is 0 Å². The van der Waals surface area contributed by atoms with Crippen molar-refractivity contribution < 1.29 is 19.7 Å². The molecule has 0 radical (unpaired) electrons. The summed E-state index contributed by atoms with van der Waals surface area (Å²) < 4.78 is 10.1. The molecule has 14 heavy (non-hydrogen) atoms. The number of ether oxygens (including phenoxy) is 2. The molecule has 1 atom stereocenters. The number of methoxy groups -OCH3 is 1. The Labute approximate surface area is 81.0 Å². The second-order valence-corrected chi connectivity index (χ2v) is 2.92. The number of aliphatic hydroxyl groups is 2. The van der Waals surface area contributed by atoms with E-state index < -0.39 is 6.29 Å². The van der Waals surface area contributed by atoms with Gasteiger partial charge in [0.1, 0.15) is 17.3 Å². The molecule has 0 saturated carbocycles. The highest BCUT2D eigenvalue weighted by atomic mass is 16.6. The van der Waals surface area contributed by atoms with Crippen molar-refractivity contribution in [3.63, 3.8) is 0 Å². The van der Waals surface area contributed by atoms with Crippen molar-refractivity contribution in [1.82, 2.24) is 0 Å². The Balaban J connectivity index is 2.47. The highest BCUT2D eigenvalue weighted by Crippen LogP contribution is 2.32. The topological polar surface area (TPSA) is 58.9 Å². The monoisotopic (exact) mass is 194 g/mol. The molecule has 4 nitrogen and oxygen atoms in total. The summed E-state index contributed by atoms with van der Waals surface area (Å²) in [6, 6.07) is 5.00. The van der Waals surface area contributed by atoms with E-state index >= 15 is 0 Å². The minimum absolute atomic E-state index is 0.0152. The van der Waals surface area contributed by atoms with Gasteiger partial charge < -0.3 is 19.7 Å². The summed E-state index contributed by atoms with van der Waals surface area (Å²) in [5.41, 5.74) is 0.552. The Kier molecular flexibility index (Phi) is 2.05. The minimum Gasteiger partial charge on any atom is -0.507 e. The van der Waals surface area contributed by atoms with Gasteiger partial charge in [-0.05, 0) is 12.1 Å². The molecule has 2 rings (SSSR count). The van der Waals surface area contributed by atoms with E-state index in [9.17, 15) is 10.2 Å². The summed E-state index contributed by atoms with van der Waals surface area (Å²) in [7, 11) is 1.54. The van der Waals surface area contributed by atoms with Crippen molar-refractivity contribution in [2.75, 3.05) is 7.11 Å². The second kappa shape index (κ2) is 3.23. The van der Waals surface area contributed by atoms with Crippen molar-refractivity contribution in [1.29, 1.82) is 0 Å². The van der Waals surface area contributed by atoms with Gasteiger partial charge in [0.15, 0.2) is 0 Å². The Hall–Kier alpha value is -1.68. The average molecular weight is 194 g/mol. The molecule has 0 spiro atoms. The summed E-state index contributed by atoms with van der Waals surface area (Å²) in [6.07, 6.45) is 0.129. The van der Waals surface area contributed by atoms with Crippen LogP contribution in [0.5, 0.6) is 11.5 Å². The molecule has 4 heteroatoms. The quantitative estimate of drug-likeness (QED) is 0.707. The first-order chi connectivity index (χ1) is 6.70. The number of hydrogen-bond acceptors (Lipinski definition) is 4. The number of aliphatic hydroxyl groups excluding tert-OH is 2. The zero-order valence-corrected chi connectivity index (χ0v) is 7.60. The predicted octanol–water partition coefficient (Wildman–Crippen LogP) is 1.30. The van der Waals surface area contributed by atoms with Gasteiger partial charge in [0.25, 0.3) is 0 Å². The second-order valence-electron chi connectivity index (χ2n) is 2.92. The van der Waals surface area contributed by atoms with Crippen molar-refractivity contribution >= 4 is 5.76 Å². The van der Waals surface area contributed by atoms with E-state index in [0.29, 0.717) is 17.1 Å². The highest BCUT2D eigenvalue weighted by molar-refractivity contribution is 5.67. The van der Waals surface area contributed by atoms with E-state index in [1.165, 1.54) is 13.2 Å². The Morgan fingerprint density at radius 3 is 2.93 bits per heavy atom.